The molecule has 2 aliphatic heterocycles. The Labute approximate surface area is 171 Å². The predicted molar refractivity (Wildman–Crippen MR) is 108 cm³/mol. The summed E-state index contributed by atoms with van der Waals surface area (Å²) in [5, 5.41) is 12.4. The molecular weight excluding hydrogens is 390 g/mol. The van der Waals surface area contributed by atoms with Crippen LogP contribution in [0, 0.1) is 0 Å². The first-order valence-electron chi connectivity index (χ1n) is 9.85. The van der Waals surface area contributed by atoms with Crippen LogP contribution in [0.2, 0.25) is 0 Å². The Hall–Kier alpha value is -2.81. The van der Waals surface area contributed by atoms with E-state index < -0.39 is 5.66 Å². The highest BCUT2D eigenvalue weighted by atomic mass is 32.1. The molecule has 0 bridgehead atoms. The van der Waals surface area contributed by atoms with Crippen molar-refractivity contribution in [2.75, 3.05) is 16.8 Å². The Balaban J connectivity index is 1.32. The normalized spacial score (nSPS) is 23.2. The fraction of sp³-hybridized carbons (Fsp3) is 0.450. The van der Waals surface area contributed by atoms with Crippen molar-refractivity contribution >= 4 is 39.9 Å². The molecule has 0 spiro atoms. The van der Waals surface area contributed by atoms with Crippen molar-refractivity contribution in [1.29, 1.82) is 0 Å². The number of carbonyl (C=O) groups excluding carboxylic acids is 3. The molecule has 3 aliphatic rings. The van der Waals surface area contributed by atoms with Crippen molar-refractivity contribution in [3.05, 3.63) is 34.8 Å². The molecule has 1 saturated heterocycles. The number of rotatable bonds is 5. The number of amides is 3. The first-order valence-corrected chi connectivity index (χ1v) is 10.7. The molecule has 5 rings (SSSR count). The van der Waals surface area contributed by atoms with E-state index in [1.807, 2.05) is 19.1 Å². The van der Waals surface area contributed by atoms with E-state index >= 15 is 0 Å². The van der Waals surface area contributed by atoms with Crippen LogP contribution in [0.15, 0.2) is 24.3 Å². The van der Waals surface area contributed by atoms with Gasteiger partial charge in [0.2, 0.25) is 16.9 Å². The van der Waals surface area contributed by atoms with Crippen LogP contribution in [0.25, 0.3) is 0 Å². The van der Waals surface area contributed by atoms with E-state index in [2.05, 4.69) is 15.5 Å². The minimum Gasteiger partial charge on any atom is -0.315 e. The summed E-state index contributed by atoms with van der Waals surface area (Å²) in [6, 6.07) is 7.17. The lowest BCUT2D eigenvalue weighted by Gasteiger charge is -2.48. The molecule has 3 heterocycles. The summed E-state index contributed by atoms with van der Waals surface area (Å²) in [6.45, 7) is 2.13. The predicted octanol–water partition coefficient (Wildman–Crippen LogP) is 2.74. The number of hydrogen-bond donors (Lipinski definition) is 1. The van der Waals surface area contributed by atoms with Crippen LogP contribution < -0.4 is 10.2 Å². The van der Waals surface area contributed by atoms with E-state index in [0.29, 0.717) is 35.1 Å². The molecule has 1 aliphatic carbocycles. The van der Waals surface area contributed by atoms with E-state index in [1.54, 1.807) is 21.9 Å². The second-order valence-electron chi connectivity index (χ2n) is 7.94. The van der Waals surface area contributed by atoms with Gasteiger partial charge in [0.15, 0.2) is 0 Å². The third kappa shape index (κ3) is 3.00. The van der Waals surface area contributed by atoms with E-state index in [9.17, 15) is 14.4 Å². The van der Waals surface area contributed by atoms with Gasteiger partial charge in [-0.15, -0.1) is 10.2 Å². The Morgan fingerprint density at radius 3 is 2.86 bits per heavy atom. The minimum absolute atomic E-state index is 0.00312. The number of benzene rings is 1. The molecule has 2 aromatic rings. The first kappa shape index (κ1) is 18.2. The highest BCUT2D eigenvalue weighted by Crippen LogP contribution is 2.44. The zero-order chi connectivity index (χ0) is 20.2. The highest BCUT2D eigenvalue weighted by molar-refractivity contribution is 7.15. The first-order chi connectivity index (χ1) is 14.0. The van der Waals surface area contributed by atoms with Gasteiger partial charge in [-0.1, -0.05) is 23.5 Å². The lowest BCUT2D eigenvalue weighted by atomic mass is 9.98. The second-order valence-corrected chi connectivity index (χ2v) is 8.95. The van der Waals surface area contributed by atoms with Gasteiger partial charge in [0.05, 0.1) is 11.3 Å². The summed E-state index contributed by atoms with van der Waals surface area (Å²) in [5.74, 6) is 0.141. The van der Waals surface area contributed by atoms with E-state index in [0.717, 1.165) is 17.8 Å². The quantitative estimate of drug-likeness (QED) is 0.816. The van der Waals surface area contributed by atoms with Gasteiger partial charge in [-0.2, -0.15) is 0 Å². The molecule has 3 amide bonds. The number of nitrogens with zero attached hydrogens (tertiary/aromatic N) is 4. The number of anilines is 2. The van der Waals surface area contributed by atoms with Gasteiger partial charge < -0.3 is 10.2 Å². The highest BCUT2D eigenvalue weighted by Gasteiger charge is 2.52. The number of aromatic nitrogens is 2. The lowest BCUT2D eigenvalue weighted by Crippen LogP contribution is -2.62. The summed E-state index contributed by atoms with van der Waals surface area (Å²) in [7, 11) is 0. The molecule has 1 atom stereocenters. The van der Waals surface area contributed by atoms with Gasteiger partial charge in [0.25, 0.3) is 5.91 Å². The fourth-order valence-corrected chi connectivity index (χ4v) is 5.15. The van der Waals surface area contributed by atoms with E-state index in [1.165, 1.54) is 11.3 Å². The van der Waals surface area contributed by atoms with Crippen LogP contribution >= 0.6 is 11.3 Å². The maximum absolute atomic E-state index is 13.2. The van der Waals surface area contributed by atoms with Gasteiger partial charge in [0, 0.05) is 25.3 Å². The summed E-state index contributed by atoms with van der Waals surface area (Å²) >= 11 is 1.41. The third-order valence-corrected chi connectivity index (χ3v) is 6.92. The maximum atomic E-state index is 13.2. The second kappa shape index (κ2) is 6.62. The molecule has 8 nitrogen and oxygen atoms in total. The van der Waals surface area contributed by atoms with Crippen molar-refractivity contribution in [1.82, 2.24) is 15.1 Å². The van der Waals surface area contributed by atoms with Crippen molar-refractivity contribution in [3.63, 3.8) is 0 Å². The van der Waals surface area contributed by atoms with Gasteiger partial charge in [0.1, 0.15) is 10.7 Å². The summed E-state index contributed by atoms with van der Waals surface area (Å²) in [5.41, 5.74) is 0.411. The average molecular weight is 411 g/mol. The molecule has 2 fully saturated rings. The number of para-hydroxylation sites is 1. The van der Waals surface area contributed by atoms with Crippen molar-refractivity contribution in [2.24, 2.45) is 0 Å². The number of hydrogen-bond acceptors (Lipinski definition) is 6. The average Bonchev–Trinajstić information content (AvgIpc) is 3.37. The maximum Gasteiger partial charge on any atom is 0.257 e. The topological polar surface area (TPSA) is 95.5 Å². The van der Waals surface area contributed by atoms with Gasteiger partial charge in [-0.3, -0.25) is 19.3 Å². The van der Waals surface area contributed by atoms with Crippen LogP contribution in [0.3, 0.4) is 0 Å². The summed E-state index contributed by atoms with van der Waals surface area (Å²) < 4.78 is 0. The number of nitrogens with one attached hydrogen (secondary N) is 1. The fourth-order valence-electron chi connectivity index (χ4n) is 4.22. The number of fused-ring (bicyclic) bond motifs is 3. The molecule has 29 heavy (non-hydrogen) atoms. The van der Waals surface area contributed by atoms with E-state index in [-0.39, 0.29) is 30.7 Å². The molecule has 9 heteroatoms. The zero-order valence-corrected chi connectivity index (χ0v) is 16.9. The molecular formula is C20H21N5O3S. The molecule has 1 N–H and O–H groups in total. The van der Waals surface area contributed by atoms with Crippen molar-refractivity contribution in [3.8, 4) is 0 Å². The summed E-state index contributed by atoms with van der Waals surface area (Å²) in [4.78, 5) is 41.6. The SMILES string of the molecule is CC12CCC(=O)N1c1ccccc1C(=O)N2CCC(=O)Nc1nnc(C2CC2)s1. The van der Waals surface area contributed by atoms with Crippen LogP contribution in [0.1, 0.15) is 60.3 Å². The Morgan fingerprint density at radius 1 is 1.28 bits per heavy atom. The monoisotopic (exact) mass is 411 g/mol. The minimum atomic E-state index is -0.745. The Bertz CT molecular complexity index is 1020. The largest absolute Gasteiger partial charge is 0.315 e. The van der Waals surface area contributed by atoms with Crippen molar-refractivity contribution in [2.45, 2.75) is 50.6 Å². The Kier molecular flexibility index (Phi) is 4.16. The Morgan fingerprint density at radius 2 is 2.07 bits per heavy atom. The molecule has 150 valence electrons. The van der Waals surface area contributed by atoms with Crippen LogP contribution in [0.5, 0.6) is 0 Å². The molecule has 1 aromatic heterocycles. The van der Waals surface area contributed by atoms with Gasteiger partial charge >= 0.3 is 0 Å². The lowest BCUT2D eigenvalue weighted by molar-refractivity contribution is -0.117. The number of carbonyl (C=O) groups is 3. The van der Waals surface area contributed by atoms with Crippen LogP contribution in [-0.2, 0) is 9.59 Å². The molecule has 1 saturated carbocycles. The molecule has 1 unspecified atom stereocenters. The van der Waals surface area contributed by atoms with Gasteiger partial charge in [-0.25, -0.2) is 0 Å². The standard InChI is InChI=1S/C20H21N5O3S/c1-20-10-8-16(27)25(20)14-5-3-2-4-13(14)18(28)24(20)11-9-15(26)21-19-23-22-17(29-19)12-6-7-12/h2-5,12H,6-11H2,1H3,(H,21,23,26). The third-order valence-electron chi connectivity index (χ3n) is 5.92. The van der Waals surface area contributed by atoms with Gasteiger partial charge in [-0.05, 0) is 38.3 Å². The summed E-state index contributed by atoms with van der Waals surface area (Å²) in [6.07, 6.45) is 3.33. The zero-order valence-electron chi connectivity index (χ0n) is 16.1. The smallest absolute Gasteiger partial charge is 0.257 e. The van der Waals surface area contributed by atoms with Crippen molar-refractivity contribution < 1.29 is 14.4 Å². The molecule has 0 radical (unpaired) electrons. The van der Waals surface area contributed by atoms with Crippen LogP contribution in [0.4, 0.5) is 10.8 Å². The molecule has 1 aromatic carbocycles. The van der Waals surface area contributed by atoms with Crippen LogP contribution in [-0.4, -0.2) is 45.0 Å². The van der Waals surface area contributed by atoms with E-state index in [4.69, 9.17) is 0 Å².